The van der Waals surface area contributed by atoms with Crippen molar-refractivity contribution in [1.82, 2.24) is 0 Å². The second-order valence-electron chi connectivity index (χ2n) is 4.76. The lowest BCUT2D eigenvalue weighted by Gasteiger charge is -2.17. The number of thiocarbonyl (C=S) groups is 1. The summed E-state index contributed by atoms with van der Waals surface area (Å²) >= 11 is 11.0. The second-order valence-corrected chi connectivity index (χ2v) is 5.61. The Morgan fingerprint density at radius 3 is 2.95 bits per heavy atom. The summed E-state index contributed by atoms with van der Waals surface area (Å²) in [4.78, 5) is 12.5. The van der Waals surface area contributed by atoms with E-state index < -0.39 is 0 Å². The average molecular weight is 313 g/mol. The molecule has 1 aromatic rings. The summed E-state index contributed by atoms with van der Waals surface area (Å²) in [6.45, 7) is 2.64. The lowest BCUT2D eigenvalue weighted by atomic mass is 9.98. The first-order chi connectivity index (χ1) is 9.52. The van der Waals surface area contributed by atoms with E-state index in [0.29, 0.717) is 22.9 Å². The molecule has 2 rings (SSSR count). The Kier molecular flexibility index (Phi) is 4.96. The molecule has 0 spiro atoms. The molecule has 1 aliphatic heterocycles. The highest BCUT2D eigenvalue weighted by molar-refractivity contribution is 7.80. The van der Waals surface area contributed by atoms with E-state index in [-0.39, 0.29) is 22.9 Å². The number of hydrogen-bond donors (Lipinski definition) is 2. The van der Waals surface area contributed by atoms with Gasteiger partial charge in [-0.05, 0) is 31.0 Å². The smallest absolute Gasteiger partial charge is 0.230 e. The van der Waals surface area contributed by atoms with Gasteiger partial charge in [-0.1, -0.05) is 30.7 Å². The monoisotopic (exact) mass is 312 g/mol. The Bertz CT molecular complexity index is 536. The highest BCUT2D eigenvalue weighted by Gasteiger charge is 2.32. The molecule has 2 unspecified atom stereocenters. The van der Waals surface area contributed by atoms with Gasteiger partial charge in [0, 0.05) is 12.2 Å². The maximum absolute atomic E-state index is 12.3. The van der Waals surface area contributed by atoms with Gasteiger partial charge in [0.05, 0.1) is 22.7 Å². The zero-order chi connectivity index (χ0) is 14.7. The minimum Gasteiger partial charge on any atom is -0.389 e. The van der Waals surface area contributed by atoms with E-state index in [1.54, 1.807) is 18.2 Å². The minimum absolute atomic E-state index is 0.00957. The fraction of sp³-hybridized carbons (Fsp3) is 0.429. The predicted molar refractivity (Wildman–Crippen MR) is 84.1 cm³/mol. The quantitative estimate of drug-likeness (QED) is 0.839. The number of amides is 1. The van der Waals surface area contributed by atoms with Crippen molar-refractivity contribution < 1.29 is 9.53 Å². The summed E-state index contributed by atoms with van der Waals surface area (Å²) in [5.41, 5.74) is 6.79. The molecule has 20 heavy (non-hydrogen) atoms. The first-order valence-electron chi connectivity index (χ1n) is 6.54. The molecule has 4 nitrogen and oxygen atoms in total. The standard InChI is InChI=1S/C14H17ClN2O2S/c1-2-12-9(5-6-19-12)14(18)17-11-4-3-8(13(16)20)7-10(11)15/h3-4,7,9,12H,2,5-6H2,1H3,(H2,16,20)(H,17,18). The van der Waals surface area contributed by atoms with E-state index in [1.807, 2.05) is 6.92 Å². The Hall–Kier alpha value is -1.17. The fourth-order valence-corrected chi connectivity index (χ4v) is 2.70. The lowest BCUT2D eigenvalue weighted by molar-refractivity contribution is -0.121. The van der Waals surface area contributed by atoms with Crippen LogP contribution >= 0.6 is 23.8 Å². The van der Waals surface area contributed by atoms with Crippen LogP contribution in [0.4, 0.5) is 5.69 Å². The fourth-order valence-electron chi connectivity index (χ4n) is 2.35. The van der Waals surface area contributed by atoms with Gasteiger partial charge in [-0.3, -0.25) is 4.79 Å². The summed E-state index contributed by atoms with van der Waals surface area (Å²) in [6.07, 6.45) is 1.56. The molecule has 0 aromatic heterocycles. The number of nitrogens with one attached hydrogen (secondary N) is 1. The van der Waals surface area contributed by atoms with Gasteiger partial charge in [-0.25, -0.2) is 0 Å². The number of halogens is 1. The van der Waals surface area contributed by atoms with Gasteiger partial charge in [-0.15, -0.1) is 0 Å². The summed E-state index contributed by atoms with van der Waals surface area (Å²) in [5.74, 6) is -0.175. The molecular weight excluding hydrogens is 296 g/mol. The molecule has 1 amide bonds. The van der Waals surface area contributed by atoms with E-state index in [0.717, 1.165) is 12.8 Å². The second kappa shape index (κ2) is 6.52. The molecular formula is C14H17ClN2O2S. The zero-order valence-electron chi connectivity index (χ0n) is 11.2. The van der Waals surface area contributed by atoms with Crippen LogP contribution in [-0.4, -0.2) is 23.6 Å². The van der Waals surface area contributed by atoms with Gasteiger partial charge in [0.2, 0.25) is 5.91 Å². The van der Waals surface area contributed by atoms with Crippen LogP contribution < -0.4 is 11.1 Å². The Balaban J connectivity index is 2.10. The number of rotatable bonds is 4. The van der Waals surface area contributed by atoms with Crippen LogP contribution in [0.1, 0.15) is 25.3 Å². The van der Waals surface area contributed by atoms with Gasteiger partial charge in [0.1, 0.15) is 4.99 Å². The van der Waals surface area contributed by atoms with Crippen LogP contribution in [0.2, 0.25) is 5.02 Å². The maximum Gasteiger partial charge on any atom is 0.230 e. The predicted octanol–water partition coefficient (Wildman–Crippen LogP) is 2.73. The van der Waals surface area contributed by atoms with Crippen LogP contribution in [0, 0.1) is 5.92 Å². The molecule has 2 atom stereocenters. The zero-order valence-corrected chi connectivity index (χ0v) is 12.8. The first-order valence-corrected chi connectivity index (χ1v) is 7.33. The minimum atomic E-state index is -0.119. The summed E-state index contributed by atoms with van der Waals surface area (Å²) in [6, 6.07) is 5.11. The lowest BCUT2D eigenvalue weighted by Crippen LogP contribution is -2.29. The maximum atomic E-state index is 12.3. The van der Waals surface area contributed by atoms with Crippen LogP contribution in [0.5, 0.6) is 0 Å². The third kappa shape index (κ3) is 3.29. The summed E-state index contributed by atoms with van der Waals surface area (Å²) in [5, 5.41) is 3.27. The van der Waals surface area contributed by atoms with Crippen molar-refractivity contribution in [3.8, 4) is 0 Å². The highest BCUT2D eigenvalue weighted by atomic mass is 35.5. The number of carbonyl (C=O) groups is 1. The van der Waals surface area contributed by atoms with E-state index in [9.17, 15) is 4.79 Å². The largest absolute Gasteiger partial charge is 0.389 e. The number of anilines is 1. The molecule has 1 saturated heterocycles. The van der Waals surface area contributed by atoms with Crippen molar-refractivity contribution in [1.29, 1.82) is 0 Å². The van der Waals surface area contributed by atoms with E-state index in [1.165, 1.54) is 0 Å². The molecule has 1 aliphatic rings. The van der Waals surface area contributed by atoms with Gasteiger partial charge in [-0.2, -0.15) is 0 Å². The Labute approximate surface area is 128 Å². The summed E-state index contributed by atoms with van der Waals surface area (Å²) < 4.78 is 5.53. The number of carbonyl (C=O) groups excluding carboxylic acids is 1. The number of hydrogen-bond acceptors (Lipinski definition) is 3. The molecule has 0 saturated carbocycles. The van der Waals surface area contributed by atoms with Gasteiger partial charge in [0.15, 0.2) is 0 Å². The van der Waals surface area contributed by atoms with Crippen molar-refractivity contribution in [2.75, 3.05) is 11.9 Å². The Morgan fingerprint density at radius 2 is 2.35 bits per heavy atom. The SMILES string of the molecule is CCC1OCCC1C(=O)Nc1ccc(C(N)=S)cc1Cl. The Morgan fingerprint density at radius 1 is 1.60 bits per heavy atom. The topological polar surface area (TPSA) is 64.3 Å². The van der Waals surface area contributed by atoms with E-state index in [4.69, 9.17) is 34.3 Å². The number of benzene rings is 1. The molecule has 108 valence electrons. The van der Waals surface area contributed by atoms with Crippen LogP contribution in [0.15, 0.2) is 18.2 Å². The van der Waals surface area contributed by atoms with E-state index >= 15 is 0 Å². The van der Waals surface area contributed by atoms with Gasteiger partial charge >= 0.3 is 0 Å². The van der Waals surface area contributed by atoms with Crippen molar-refractivity contribution in [2.24, 2.45) is 11.7 Å². The number of nitrogens with two attached hydrogens (primary N) is 1. The van der Waals surface area contributed by atoms with Crippen LogP contribution in [-0.2, 0) is 9.53 Å². The van der Waals surface area contributed by atoms with Crippen molar-refractivity contribution in [2.45, 2.75) is 25.9 Å². The van der Waals surface area contributed by atoms with E-state index in [2.05, 4.69) is 5.32 Å². The van der Waals surface area contributed by atoms with Crippen LogP contribution in [0.3, 0.4) is 0 Å². The molecule has 1 fully saturated rings. The third-order valence-electron chi connectivity index (χ3n) is 3.46. The molecule has 0 aliphatic carbocycles. The highest BCUT2D eigenvalue weighted by Crippen LogP contribution is 2.28. The van der Waals surface area contributed by atoms with Gasteiger partial charge < -0.3 is 15.8 Å². The third-order valence-corrected chi connectivity index (χ3v) is 4.01. The average Bonchev–Trinajstić information content (AvgIpc) is 2.89. The normalized spacial score (nSPS) is 21.7. The molecule has 6 heteroatoms. The van der Waals surface area contributed by atoms with Crippen molar-refractivity contribution in [3.05, 3.63) is 28.8 Å². The molecule has 3 N–H and O–H groups in total. The molecule has 1 aromatic carbocycles. The van der Waals surface area contributed by atoms with Gasteiger partial charge in [0.25, 0.3) is 0 Å². The first kappa shape index (κ1) is 15.2. The van der Waals surface area contributed by atoms with Crippen LogP contribution in [0.25, 0.3) is 0 Å². The molecule has 1 heterocycles. The van der Waals surface area contributed by atoms with Crippen molar-refractivity contribution in [3.63, 3.8) is 0 Å². The summed E-state index contributed by atoms with van der Waals surface area (Å²) in [7, 11) is 0. The van der Waals surface area contributed by atoms with Crippen molar-refractivity contribution >= 4 is 40.4 Å². The molecule has 0 bridgehead atoms. The molecule has 0 radical (unpaired) electrons. The number of ether oxygens (including phenoxy) is 1.